The number of halogens is 1. The van der Waals surface area contributed by atoms with E-state index in [0.717, 1.165) is 81.3 Å². The lowest BCUT2D eigenvalue weighted by atomic mass is 9.82. The van der Waals surface area contributed by atoms with Crippen molar-refractivity contribution < 1.29 is 9.47 Å². The molecule has 8 nitrogen and oxygen atoms in total. The van der Waals surface area contributed by atoms with Crippen molar-refractivity contribution in [2.24, 2.45) is 5.41 Å². The zero-order valence-corrected chi connectivity index (χ0v) is 22.2. The van der Waals surface area contributed by atoms with Crippen LogP contribution in [0.2, 0.25) is 5.02 Å². The summed E-state index contributed by atoms with van der Waals surface area (Å²) in [4.78, 5) is 12.0. The van der Waals surface area contributed by atoms with Crippen LogP contribution in [0.5, 0.6) is 0 Å². The van der Waals surface area contributed by atoms with Crippen LogP contribution in [0.15, 0.2) is 30.5 Å². The smallest absolute Gasteiger partial charge is 0.126 e. The van der Waals surface area contributed by atoms with Crippen LogP contribution in [0, 0.1) is 16.7 Å². The quantitative estimate of drug-likeness (QED) is 0.524. The van der Waals surface area contributed by atoms with E-state index in [4.69, 9.17) is 26.1 Å². The van der Waals surface area contributed by atoms with Gasteiger partial charge in [0.15, 0.2) is 0 Å². The molecule has 5 rings (SSSR count). The first-order chi connectivity index (χ1) is 18.1. The fraction of sp³-hybridized carbons (Fsp3) is 0.607. The number of hydrogen-bond donors (Lipinski definition) is 2. The molecule has 2 saturated heterocycles. The Kier molecular flexibility index (Phi) is 8.78. The van der Waals surface area contributed by atoms with Crippen molar-refractivity contribution >= 4 is 23.2 Å². The van der Waals surface area contributed by atoms with Crippen molar-refractivity contribution in [2.75, 3.05) is 56.7 Å². The fourth-order valence-corrected chi connectivity index (χ4v) is 5.87. The Balaban J connectivity index is 1.21. The van der Waals surface area contributed by atoms with E-state index in [1.165, 1.54) is 12.8 Å². The van der Waals surface area contributed by atoms with E-state index in [1.54, 1.807) is 6.20 Å². The minimum absolute atomic E-state index is 0.406. The number of hydrogen-bond acceptors (Lipinski definition) is 8. The summed E-state index contributed by atoms with van der Waals surface area (Å²) in [7, 11) is 0. The molecule has 0 bridgehead atoms. The van der Waals surface area contributed by atoms with Crippen LogP contribution < -0.4 is 10.6 Å². The third-order valence-corrected chi connectivity index (χ3v) is 8.30. The summed E-state index contributed by atoms with van der Waals surface area (Å²) < 4.78 is 11.1. The summed E-state index contributed by atoms with van der Waals surface area (Å²) in [5.41, 5.74) is 1.22. The van der Waals surface area contributed by atoms with Gasteiger partial charge in [0, 0.05) is 63.3 Å². The number of nitrogens with one attached hydrogen (secondary N) is 2. The number of ether oxygens (including phenoxy) is 2. The monoisotopic (exact) mass is 524 g/mol. The molecule has 2 aromatic heterocycles. The van der Waals surface area contributed by atoms with Crippen LogP contribution in [-0.2, 0) is 9.47 Å². The van der Waals surface area contributed by atoms with E-state index in [0.29, 0.717) is 36.9 Å². The summed E-state index contributed by atoms with van der Waals surface area (Å²) in [6, 6.07) is 11.4. The molecule has 2 aliphatic heterocycles. The first kappa shape index (κ1) is 26.2. The molecule has 4 heterocycles. The van der Waals surface area contributed by atoms with Gasteiger partial charge in [-0.2, -0.15) is 5.26 Å². The van der Waals surface area contributed by atoms with Crippen LogP contribution in [-0.4, -0.2) is 73.0 Å². The lowest BCUT2D eigenvalue weighted by molar-refractivity contribution is 0.0455. The number of pyridine rings is 2. The van der Waals surface area contributed by atoms with Gasteiger partial charge in [-0.1, -0.05) is 17.7 Å². The van der Waals surface area contributed by atoms with Gasteiger partial charge in [-0.3, -0.25) is 4.90 Å². The van der Waals surface area contributed by atoms with E-state index in [9.17, 15) is 5.26 Å². The largest absolute Gasteiger partial charge is 0.381 e. The topological polar surface area (TPSA) is 95.3 Å². The molecule has 3 fully saturated rings. The van der Waals surface area contributed by atoms with E-state index in [-0.39, 0.29) is 0 Å². The molecule has 0 aromatic carbocycles. The van der Waals surface area contributed by atoms with Crippen molar-refractivity contribution in [3.63, 3.8) is 0 Å². The fourth-order valence-electron chi connectivity index (χ4n) is 5.67. The van der Waals surface area contributed by atoms with Gasteiger partial charge in [-0.25, -0.2) is 9.97 Å². The zero-order valence-electron chi connectivity index (χ0n) is 21.4. The zero-order chi connectivity index (χ0) is 25.5. The van der Waals surface area contributed by atoms with Gasteiger partial charge >= 0.3 is 0 Å². The maximum absolute atomic E-state index is 9.74. The van der Waals surface area contributed by atoms with Crippen LogP contribution in [0.25, 0.3) is 11.3 Å². The maximum atomic E-state index is 9.74. The Morgan fingerprint density at radius 1 is 1.05 bits per heavy atom. The summed E-state index contributed by atoms with van der Waals surface area (Å²) in [5, 5.41) is 17.3. The Bertz CT molecular complexity index is 1070. The molecule has 3 aliphatic rings. The second kappa shape index (κ2) is 12.4. The van der Waals surface area contributed by atoms with Crippen molar-refractivity contribution in [3.8, 4) is 17.3 Å². The molecule has 9 heteroatoms. The lowest BCUT2D eigenvalue weighted by Crippen LogP contribution is -2.41. The first-order valence-corrected chi connectivity index (χ1v) is 14.0. The van der Waals surface area contributed by atoms with Crippen LogP contribution in [0.3, 0.4) is 0 Å². The van der Waals surface area contributed by atoms with Gasteiger partial charge in [-0.05, 0) is 63.1 Å². The highest BCUT2D eigenvalue weighted by Crippen LogP contribution is 2.32. The molecule has 0 radical (unpaired) electrons. The van der Waals surface area contributed by atoms with E-state index >= 15 is 0 Å². The predicted octanol–water partition coefficient (Wildman–Crippen LogP) is 4.97. The predicted molar refractivity (Wildman–Crippen MR) is 146 cm³/mol. The molecule has 0 unspecified atom stereocenters. The maximum Gasteiger partial charge on any atom is 0.126 e. The van der Waals surface area contributed by atoms with Gasteiger partial charge in [0.2, 0.25) is 0 Å². The summed E-state index contributed by atoms with van der Waals surface area (Å²) >= 11 is 6.56. The highest BCUT2D eigenvalue weighted by molar-refractivity contribution is 6.33. The van der Waals surface area contributed by atoms with Crippen LogP contribution >= 0.6 is 11.6 Å². The van der Waals surface area contributed by atoms with E-state index < -0.39 is 5.41 Å². The van der Waals surface area contributed by atoms with Crippen LogP contribution in [0.4, 0.5) is 11.6 Å². The van der Waals surface area contributed by atoms with Gasteiger partial charge in [0.05, 0.1) is 28.8 Å². The number of anilines is 2. The third-order valence-electron chi connectivity index (χ3n) is 8.00. The minimum Gasteiger partial charge on any atom is -0.381 e. The number of nitriles is 1. The molecule has 198 valence electrons. The molecular weight excluding hydrogens is 488 g/mol. The van der Waals surface area contributed by atoms with Crippen LogP contribution in [0.1, 0.15) is 44.9 Å². The number of nitrogens with zero attached hydrogens (tertiary/aromatic N) is 4. The van der Waals surface area contributed by atoms with Gasteiger partial charge in [0.1, 0.15) is 11.6 Å². The van der Waals surface area contributed by atoms with Crippen molar-refractivity contribution in [3.05, 3.63) is 35.5 Å². The van der Waals surface area contributed by atoms with Gasteiger partial charge in [0.25, 0.3) is 0 Å². The molecule has 1 aliphatic carbocycles. The Labute approximate surface area is 224 Å². The van der Waals surface area contributed by atoms with E-state index in [1.807, 2.05) is 24.3 Å². The third kappa shape index (κ3) is 6.71. The summed E-state index contributed by atoms with van der Waals surface area (Å²) in [6.45, 7) is 5.75. The molecule has 2 aromatic rings. The second-order valence-corrected chi connectivity index (χ2v) is 10.9. The molecular formula is C28H37ClN6O2. The van der Waals surface area contributed by atoms with Crippen molar-refractivity contribution in [1.29, 1.82) is 5.26 Å². The minimum atomic E-state index is -0.415. The highest BCUT2D eigenvalue weighted by atomic mass is 35.5. The molecule has 0 amide bonds. The second-order valence-electron chi connectivity index (χ2n) is 10.5. The highest BCUT2D eigenvalue weighted by Gasteiger charge is 2.32. The number of rotatable bonds is 7. The Morgan fingerprint density at radius 3 is 2.68 bits per heavy atom. The van der Waals surface area contributed by atoms with Gasteiger partial charge in [-0.15, -0.1) is 0 Å². The standard InChI is InChI=1S/C28H37ClN6O2/c29-24-18-31-27(33-21-5-7-22(8-6-21)35-11-2-13-36-16-12-35)17-23(24)25-3-1-4-26(34-25)32-20-28(19-30)9-14-37-15-10-28/h1,3-4,17-18,21-22H,2,5-16,20H2,(H,31,33)(H,32,34). The normalized spacial score (nSPS) is 24.5. The van der Waals surface area contributed by atoms with Gasteiger partial charge < -0.3 is 20.1 Å². The molecule has 0 spiro atoms. The summed E-state index contributed by atoms with van der Waals surface area (Å²) in [6.07, 6.45) is 8.96. The molecule has 37 heavy (non-hydrogen) atoms. The Morgan fingerprint density at radius 2 is 1.86 bits per heavy atom. The first-order valence-electron chi connectivity index (χ1n) is 13.6. The number of aromatic nitrogens is 2. The average Bonchev–Trinajstić information content (AvgIpc) is 3.24. The van der Waals surface area contributed by atoms with E-state index in [2.05, 4.69) is 26.6 Å². The molecule has 2 N–H and O–H groups in total. The average molecular weight is 525 g/mol. The molecule has 0 atom stereocenters. The lowest BCUT2D eigenvalue weighted by Gasteiger charge is -2.36. The summed E-state index contributed by atoms with van der Waals surface area (Å²) in [5.74, 6) is 1.56. The van der Waals surface area contributed by atoms with Crippen molar-refractivity contribution in [2.45, 2.75) is 57.0 Å². The van der Waals surface area contributed by atoms with Crippen molar-refractivity contribution in [1.82, 2.24) is 14.9 Å². The SMILES string of the molecule is N#CC1(CNc2cccc(-c3cc(NC4CCC(N5CCCOCC5)CC4)ncc3Cl)n2)CCOCC1. The Hall–Kier alpha value is -2.44. The molecule has 1 saturated carbocycles.